The highest BCUT2D eigenvalue weighted by atomic mass is 15.2. The van der Waals surface area contributed by atoms with E-state index >= 15 is 0 Å². The Kier molecular flexibility index (Phi) is 3.71. The molecule has 1 aromatic carbocycles. The van der Waals surface area contributed by atoms with E-state index in [9.17, 15) is 0 Å². The van der Waals surface area contributed by atoms with Crippen LogP contribution < -0.4 is 0 Å². The number of imidazole rings is 1. The third-order valence-corrected chi connectivity index (χ3v) is 3.53. The van der Waals surface area contributed by atoms with Crippen LogP contribution in [0.5, 0.6) is 0 Å². The largest absolute Gasteiger partial charge is 0.330 e. The van der Waals surface area contributed by atoms with Crippen LogP contribution in [0.4, 0.5) is 0 Å². The maximum atomic E-state index is 4.74. The van der Waals surface area contributed by atoms with E-state index in [0.717, 1.165) is 17.9 Å². The van der Waals surface area contributed by atoms with Gasteiger partial charge in [0.2, 0.25) is 0 Å². The van der Waals surface area contributed by atoms with E-state index in [0.29, 0.717) is 12.1 Å². The third-order valence-electron chi connectivity index (χ3n) is 3.53. The van der Waals surface area contributed by atoms with Crippen LogP contribution in [-0.2, 0) is 13.6 Å². The summed E-state index contributed by atoms with van der Waals surface area (Å²) in [7, 11) is 2.10. The Morgan fingerprint density at radius 1 is 1.11 bits per heavy atom. The normalized spacial score (nSPS) is 12.2. The Morgan fingerprint density at radius 3 is 2.28 bits per heavy atom. The van der Waals surface area contributed by atoms with Crippen molar-refractivity contribution in [3.63, 3.8) is 0 Å². The summed E-state index contributed by atoms with van der Waals surface area (Å²) < 4.78 is 2.20. The van der Waals surface area contributed by atoms with Crippen LogP contribution in [0.1, 0.15) is 33.5 Å². The predicted molar refractivity (Wildman–Crippen MR) is 76.5 cm³/mol. The molecule has 1 heterocycles. The van der Waals surface area contributed by atoms with Gasteiger partial charge < -0.3 is 4.57 Å². The van der Waals surface area contributed by atoms with Crippen molar-refractivity contribution in [2.75, 3.05) is 0 Å². The second-order valence-electron chi connectivity index (χ2n) is 5.44. The fourth-order valence-electron chi connectivity index (χ4n) is 2.46. The molecule has 0 saturated carbocycles. The summed E-state index contributed by atoms with van der Waals surface area (Å²) >= 11 is 0. The lowest BCUT2D eigenvalue weighted by atomic mass is 10.2. The lowest BCUT2D eigenvalue weighted by Gasteiger charge is -2.30. The Bertz CT molecular complexity index is 518. The molecule has 0 fully saturated rings. The highest BCUT2D eigenvalue weighted by Crippen LogP contribution is 2.17. The number of nitrogens with zero attached hydrogens (tertiary/aromatic N) is 3. The van der Waals surface area contributed by atoms with Crippen molar-refractivity contribution in [1.82, 2.24) is 14.5 Å². The van der Waals surface area contributed by atoms with E-state index in [4.69, 9.17) is 4.98 Å². The molecule has 3 heteroatoms. The van der Waals surface area contributed by atoms with Crippen molar-refractivity contribution in [3.8, 4) is 0 Å². The number of para-hydroxylation sites is 2. The lowest BCUT2D eigenvalue weighted by molar-refractivity contribution is 0.160. The van der Waals surface area contributed by atoms with E-state index < -0.39 is 0 Å². The van der Waals surface area contributed by atoms with E-state index in [1.54, 1.807) is 0 Å². The lowest BCUT2D eigenvalue weighted by Crippen LogP contribution is -2.37. The number of rotatable bonds is 4. The minimum absolute atomic E-state index is 0.532. The van der Waals surface area contributed by atoms with E-state index in [1.807, 2.05) is 6.07 Å². The number of hydrogen-bond donors (Lipinski definition) is 0. The molecule has 0 aliphatic rings. The zero-order valence-corrected chi connectivity index (χ0v) is 12.0. The van der Waals surface area contributed by atoms with Gasteiger partial charge in [0.1, 0.15) is 5.82 Å². The zero-order chi connectivity index (χ0) is 13.3. The molecule has 3 nitrogen and oxygen atoms in total. The number of hydrogen-bond acceptors (Lipinski definition) is 2. The first kappa shape index (κ1) is 13.1. The topological polar surface area (TPSA) is 21.1 Å². The molecule has 2 aromatic rings. The van der Waals surface area contributed by atoms with Gasteiger partial charge in [-0.25, -0.2) is 4.98 Å². The smallest absolute Gasteiger partial charge is 0.123 e. The molecule has 0 bridgehead atoms. The van der Waals surface area contributed by atoms with Gasteiger partial charge in [0.05, 0.1) is 17.6 Å². The van der Waals surface area contributed by atoms with Crippen LogP contribution in [0.2, 0.25) is 0 Å². The second-order valence-corrected chi connectivity index (χ2v) is 5.44. The fourth-order valence-corrected chi connectivity index (χ4v) is 2.46. The summed E-state index contributed by atoms with van der Waals surface area (Å²) in [4.78, 5) is 7.20. The molecule has 0 spiro atoms. The molecule has 0 atom stereocenters. The van der Waals surface area contributed by atoms with Gasteiger partial charge >= 0.3 is 0 Å². The third kappa shape index (κ3) is 2.41. The molecular formula is C15H23N3. The van der Waals surface area contributed by atoms with E-state index in [2.05, 4.69) is 62.4 Å². The number of fused-ring (bicyclic) bond motifs is 1. The Balaban J connectivity index is 2.34. The SMILES string of the molecule is CC(C)N(Cc1nc2ccccc2n1C)C(C)C. The van der Waals surface area contributed by atoms with Crippen LogP contribution in [0.3, 0.4) is 0 Å². The molecule has 98 valence electrons. The first-order chi connectivity index (χ1) is 8.50. The maximum Gasteiger partial charge on any atom is 0.123 e. The summed E-state index contributed by atoms with van der Waals surface area (Å²) in [6, 6.07) is 9.38. The summed E-state index contributed by atoms with van der Waals surface area (Å²) in [6.07, 6.45) is 0. The van der Waals surface area contributed by atoms with Gasteiger partial charge in [-0.3, -0.25) is 4.90 Å². The average molecular weight is 245 g/mol. The van der Waals surface area contributed by atoms with Crippen molar-refractivity contribution in [2.45, 2.75) is 46.3 Å². The van der Waals surface area contributed by atoms with Gasteiger partial charge in [-0.15, -0.1) is 0 Å². The van der Waals surface area contributed by atoms with Crippen LogP contribution in [-0.4, -0.2) is 26.5 Å². The first-order valence-corrected chi connectivity index (χ1v) is 6.66. The number of aryl methyl sites for hydroxylation is 1. The Morgan fingerprint density at radius 2 is 1.72 bits per heavy atom. The fraction of sp³-hybridized carbons (Fsp3) is 0.533. The van der Waals surface area contributed by atoms with Crippen LogP contribution >= 0.6 is 0 Å². The molecule has 2 rings (SSSR count). The molecule has 0 aliphatic carbocycles. The van der Waals surface area contributed by atoms with Gasteiger partial charge in [-0.2, -0.15) is 0 Å². The van der Waals surface area contributed by atoms with Gasteiger partial charge in [-0.1, -0.05) is 12.1 Å². The van der Waals surface area contributed by atoms with Crippen molar-refractivity contribution in [3.05, 3.63) is 30.1 Å². The van der Waals surface area contributed by atoms with Crippen molar-refractivity contribution < 1.29 is 0 Å². The molecule has 0 radical (unpaired) electrons. The maximum absolute atomic E-state index is 4.74. The highest BCUT2D eigenvalue weighted by Gasteiger charge is 2.17. The Hall–Kier alpha value is -1.35. The van der Waals surface area contributed by atoms with Crippen LogP contribution in [0.15, 0.2) is 24.3 Å². The standard InChI is InChI=1S/C15H23N3/c1-11(2)18(12(3)4)10-15-16-13-8-6-7-9-14(13)17(15)5/h6-9,11-12H,10H2,1-5H3. The number of aromatic nitrogens is 2. The monoisotopic (exact) mass is 245 g/mol. The Labute approximate surface area is 109 Å². The number of benzene rings is 1. The van der Waals surface area contributed by atoms with E-state index in [1.165, 1.54) is 5.52 Å². The molecule has 0 unspecified atom stereocenters. The molecule has 0 amide bonds. The second kappa shape index (κ2) is 5.11. The zero-order valence-electron chi connectivity index (χ0n) is 12.0. The van der Waals surface area contributed by atoms with Crippen molar-refractivity contribution in [2.24, 2.45) is 7.05 Å². The minimum atomic E-state index is 0.532. The van der Waals surface area contributed by atoms with E-state index in [-0.39, 0.29) is 0 Å². The predicted octanol–water partition coefficient (Wildman–Crippen LogP) is 3.19. The quantitative estimate of drug-likeness (QED) is 0.825. The van der Waals surface area contributed by atoms with Crippen LogP contribution in [0.25, 0.3) is 11.0 Å². The van der Waals surface area contributed by atoms with Crippen molar-refractivity contribution >= 4 is 11.0 Å². The molecular weight excluding hydrogens is 222 g/mol. The van der Waals surface area contributed by atoms with Gasteiger partial charge in [-0.05, 0) is 39.8 Å². The van der Waals surface area contributed by atoms with Gasteiger partial charge in [0.25, 0.3) is 0 Å². The molecule has 0 N–H and O–H groups in total. The molecule has 1 aromatic heterocycles. The van der Waals surface area contributed by atoms with Crippen LogP contribution in [0, 0.1) is 0 Å². The van der Waals surface area contributed by atoms with Crippen molar-refractivity contribution in [1.29, 1.82) is 0 Å². The van der Waals surface area contributed by atoms with Gasteiger partial charge in [0.15, 0.2) is 0 Å². The minimum Gasteiger partial charge on any atom is -0.330 e. The highest BCUT2D eigenvalue weighted by molar-refractivity contribution is 5.75. The average Bonchev–Trinajstić information content (AvgIpc) is 2.63. The summed E-state index contributed by atoms with van der Waals surface area (Å²) in [5.41, 5.74) is 2.29. The molecule has 0 aliphatic heterocycles. The molecule has 18 heavy (non-hydrogen) atoms. The summed E-state index contributed by atoms with van der Waals surface area (Å²) in [5.74, 6) is 1.14. The molecule has 0 saturated heterocycles. The van der Waals surface area contributed by atoms with Gasteiger partial charge in [0, 0.05) is 19.1 Å². The first-order valence-electron chi connectivity index (χ1n) is 6.66. The summed E-state index contributed by atoms with van der Waals surface area (Å²) in [5, 5.41) is 0. The summed E-state index contributed by atoms with van der Waals surface area (Å²) in [6.45, 7) is 9.86.